The highest BCUT2D eigenvalue weighted by Crippen LogP contribution is 2.37. The van der Waals surface area contributed by atoms with Crippen LogP contribution in [-0.4, -0.2) is 26.3 Å². The van der Waals surface area contributed by atoms with E-state index in [4.69, 9.17) is 4.74 Å². The van der Waals surface area contributed by atoms with Crippen LogP contribution in [0, 0.1) is 23.7 Å². The van der Waals surface area contributed by atoms with Crippen molar-refractivity contribution in [2.24, 2.45) is 23.7 Å². The molecule has 102 valence electrons. The number of ether oxygens (including phenoxy) is 1. The van der Waals surface area contributed by atoms with E-state index < -0.39 is 0 Å². The number of nitrogens with one attached hydrogen (secondary N) is 1. The Bertz CT molecular complexity index is 197. The average Bonchev–Trinajstić information content (AvgIpc) is 2.27. The van der Waals surface area contributed by atoms with Crippen LogP contribution < -0.4 is 5.32 Å². The van der Waals surface area contributed by atoms with E-state index in [1.165, 1.54) is 19.3 Å². The lowest BCUT2D eigenvalue weighted by atomic mass is 9.70. The molecule has 0 radical (unpaired) electrons. The molecule has 17 heavy (non-hydrogen) atoms. The molecule has 0 bridgehead atoms. The van der Waals surface area contributed by atoms with E-state index in [9.17, 15) is 0 Å². The van der Waals surface area contributed by atoms with Crippen molar-refractivity contribution in [3.8, 4) is 0 Å². The SMILES string of the molecule is COCCNC(C)C(C)C1CC(C)CC(C)C1. The maximum absolute atomic E-state index is 5.09. The molecule has 2 nitrogen and oxygen atoms in total. The van der Waals surface area contributed by atoms with Crippen LogP contribution in [0.15, 0.2) is 0 Å². The van der Waals surface area contributed by atoms with Crippen molar-refractivity contribution in [1.82, 2.24) is 5.32 Å². The summed E-state index contributed by atoms with van der Waals surface area (Å²) in [6.45, 7) is 11.4. The van der Waals surface area contributed by atoms with E-state index >= 15 is 0 Å². The van der Waals surface area contributed by atoms with Gasteiger partial charge in [0.05, 0.1) is 6.61 Å². The van der Waals surface area contributed by atoms with Crippen LogP contribution in [0.5, 0.6) is 0 Å². The van der Waals surface area contributed by atoms with Crippen molar-refractivity contribution in [2.75, 3.05) is 20.3 Å². The number of hydrogen-bond donors (Lipinski definition) is 1. The van der Waals surface area contributed by atoms with Crippen molar-refractivity contribution in [3.63, 3.8) is 0 Å². The second-order valence-corrected chi connectivity index (χ2v) is 6.27. The van der Waals surface area contributed by atoms with Gasteiger partial charge in [0.1, 0.15) is 0 Å². The van der Waals surface area contributed by atoms with Crippen molar-refractivity contribution >= 4 is 0 Å². The fourth-order valence-corrected chi connectivity index (χ4v) is 3.42. The fourth-order valence-electron chi connectivity index (χ4n) is 3.42. The van der Waals surface area contributed by atoms with E-state index in [0.717, 1.165) is 36.8 Å². The standard InChI is InChI=1S/C15H31NO/c1-11-8-12(2)10-15(9-11)13(3)14(4)16-6-7-17-5/h11-16H,6-10H2,1-5H3. The van der Waals surface area contributed by atoms with Crippen LogP contribution in [0.4, 0.5) is 0 Å². The molecule has 1 N–H and O–H groups in total. The molecule has 1 aliphatic rings. The summed E-state index contributed by atoms with van der Waals surface area (Å²) < 4.78 is 5.09. The largest absolute Gasteiger partial charge is 0.383 e. The molecule has 4 atom stereocenters. The van der Waals surface area contributed by atoms with Crippen molar-refractivity contribution in [1.29, 1.82) is 0 Å². The van der Waals surface area contributed by atoms with Crippen molar-refractivity contribution < 1.29 is 4.74 Å². The molecule has 0 aromatic carbocycles. The maximum Gasteiger partial charge on any atom is 0.0587 e. The maximum atomic E-state index is 5.09. The Morgan fingerprint density at radius 2 is 1.71 bits per heavy atom. The normalized spacial score (nSPS) is 33.4. The second-order valence-electron chi connectivity index (χ2n) is 6.27. The van der Waals surface area contributed by atoms with Gasteiger partial charge in [0, 0.05) is 19.7 Å². The average molecular weight is 241 g/mol. The minimum Gasteiger partial charge on any atom is -0.383 e. The smallest absolute Gasteiger partial charge is 0.0587 e. The molecule has 0 aromatic heterocycles. The first-order valence-electron chi connectivity index (χ1n) is 7.26. The molecule has 4 unspecified atom stereocenters. The van der Waals surface area contributed by atoms with Gasteiger partial charge in [-0.15, -0.1) is 0 Å². The summed E-state index contributed by atoms with van der Waals surface area (Å²) in [5.41, 5.74) is 0. The van der Waals surface area contributed by atoms with Crippen LogP contribution in [0.2, 0.25) is 0 Å². The summed E-state index contributed by atoms with van der Waals surface area (Å²) in [6.07, 6.45) is 4.26. The first-order chi connectivity index (χ1) is 8.04. The Balaban J connectivity index is 2.36. The lowest BCUT2D eigenvalue weighted by Crippen LogP contribution is -2.39. The van der Waals surface area contributed by atoms with E-state index in [2.05, 4.69) is 33.0 Å². The Labute approximate surface area is 108 Å². The quantitative estimate of drug-likeness (QED) is 0.720. The van der Waals surface area contributed by atoms with E-state index in [1.54, 1.807) is 7.11 Å². The van der Waals surface area contributed by atoms with Crippen molar-refractivity contribution in [3.05, 3.63) is 0 Å². The van der Waals surface area contributed by atoms with Gasteiger partial charge in [-0.3, -0.25) is 0 Å². The van der Waals surface area contributed by atoms with Gasteiger partial charge in [0.15, 0.2) is 0 Å². The summed E-state index contributed by atoms with van der Waals surface area (Å²) in [6, 6.07) is 0.604. The molecule has 0 aliphatic heterocycles. The molecular formula is C15H31NO. The fraction of sp³-hybridized carbons (Fsp3) is 1.00. The van der Waals surface area contributed by atoms with E-state index in [0.29, 0.717) is 6.04 Å². The zero-order valence-corrected chi connectivity index (χ0v) is 12.3. The van der Waals surface area contributed by atoms with Gasteiger partial charge >= 0.3 is 0 Å². The molecule has 0 aromatic rings. The van der Waals surface area contributed by atoms with Gasteiger partial charge in [-0.2, -0.15) is 0 Å². The minimum absolute atomic E-state index is 0.604. The number of methoxy groups -OCH3 is 1. The molecular weight excluding hydrogens is 210 g/mol. The molecule has 1 fully saturated rings. The lowest BCUT2D eigenvalue weighted by molar-refractivity contribution is 0.140. The Morgan fingerprint density at radius 1 is 1.12 bits per heavy atom. The minimum atomic E-state index is 0.604. The zero-order valence-electron chi connectivity index (χ0n) is 12.3. The van der Waals surface area contributed by atoms with Crippen LogP contribution in [-0.2, 0) is 4.74 Å². The van der Waals surface area contributed by atoms with Gasteiger partial charge in [-0.1, -0.05) is 20.8 Å². The first-order valence-corrected chi connectivity index (χ1v) is 7.26. The van der Waals surface area contributed by atoms with Crippen LogP contribution in [0.25, 0.3) is 0 Å². The summed E-state index contributed by atoms with van der Waals surface area (Å²) >= 11 is 0. The summed E-state index contributed by atoms with van der Waals surface area (Å²) in [4.78, 5) is 0. The van der Waals surface area contributed by atoms with Crippen molar-refractivity contribution in [2.45, 2.75) is 53.0 Å². The Kier molecular flexibility index (Phi) is 6.50. The molecule has 0 spiro atoms. The third-order valence-corrected chi connectivity index (χ3v) is 4.52. The molecule has 0 heterocycles. The van der Waals surface area contributed by atoms with E-state index in [-0.39, 0.29) is 0 Å². The lowest BCUT2D eigenvalue weighted by Gasteiger charge is -2.37. The number of hydrogen-bond acceptors (Lipinski definition) is 2. The van der Waals surface area contributed by atoms with Gasteiger partial charge in [0.2, 0.25) is 0 Å². The molecule has 2 heteroatoms. The van der Waals surface area contributed by atoms with Crippen LogP contribution in [0.1, 0.15) is 47.0 Å². The topological polar surface area (TPSA) is 21.3 Å². The third kappa shape index (κ3) is 4.97. The Hall–Kier alpha value is -0.0800. The molecule has 0 saturated heterocycles. The number of rotatable bonds is 6. The predicted molar refractivity (Wildman–Crippen MR) is 74.2 cm³/mol. The van der Waals surface area contributed by atoms with Gasteiger partial charge < -0.3 is 10.1 Å². The molecule has 1 rings (SSSR count). The zero-order chi connectivity index (χ0) is 12.8. The van der Waals surface area contributed by atoms with Gasteiger partial charge in [-0.05, 0) is 49.9 Å². The Morgan fingerprint density at radius 3 is 2.24 bits per heavy atom. The van der Waals surface area contributed by atoms with E-state index in [1.807, 2.05) is 0 Å². The monoisotopic (exact) mass is 241 g/mol. The second kappa shape index (κ2) is 7.38. The highest BCUT2D eigenvalue weighted by molar-refractivity contribution is 4.82. The molecule has 1 aliphatic carbocycles. The van der Waals surface area contributed by atoms with Crippen LogP contribution in [0.3, 0.4) is 0 Å². The summed E-state index contributed by atoms with van der Waals surface area (Å²) in [7, 11) is 1.76. The third-order valence-electron chi connectivity index (χ3n) is 4.52. The highest BCUT2D eigenvalue weighted by Gasteiger charge is 2.29. The van der Waals surface area contributed by atoms with Gasteiger partial charge in [0.25, 0.3) is 0 Å². The first kappa shape index (κ1) is 15.0. The predicted octanol–water partition coefficient (Wildman–Crippen LogP) is 3.32. The molecule has 1 saturated carbocycles. The molecule has 0 amide bonds. The van der Waals surface area contributed by atoms with Gasteiger partial charge in [-0.25, -0.2) is 0 Å². The summed E-state index contributed by atoms with van der Waals surface area (Å²) in [5.74, 6) is 3.51. The highest BCUT2D eigenvalue weighted by atomic mass is 16.5. The van der Waals surface area contributed by atoms with Crippen LogP contribution >= 0.6 is 0 Å². The summed E-state index contributed by atoms with van der Waals surface area (Å²) in [5, 5.41) is 3.59.